The van der Waals surface area contributed by atoms with Gasteiger partial charge in [0.15, 0.2) is 11.6 Å². The third-order valence-corrected chi connectivity index (χ3v) is 2.92. The summed E-state index contributed by atoms with van der Waals surface area (Å²) < 4.78 is 14.5. The molecule has 0 atom stereocenters. The molecule has 5 heteroatoms. The molecule has 0 bridgehead atoms. The number of anilines is 1. The second kappa shape index (κ2) is 4.20. The van der Waals surface area contributed by atoms with E-state index in [1.807, 2.05) is 30.3 Å². The summed E-state index contributed by atoms with van der Waals surface area (Å²) >= 11 is 0. The van der Waals surface area contributed by atoms with Crippen LogP contribution in [0.3, 0.4) is 0 Å². The highest BCUT2D eigenvalue weighted by atomic mass is 19.1. The summed E-state index contributed by atoms with van der Waals surface area (Å²) in [6.45, 7) is 0. The number of hydrogen-bond acceptors (Lipinski definition) is 3. The van der Waals surface area contributed by atoms with Crippen molar-refractivity contribution in [3.63, 3.8) is 0 Å². The maximum absolute atomic E-state index is 13.4. The minimum atomic E-state index is -0.715. The van der Waals surface area contributed by atoms with Crippen molar-refractivity contribution in [3.05, 3.63) is 65.0 Å². The van der Waals surface area contributed by atoms with Crippen LogP contribution in [0.5, 0.6) is 0 Å². The molecular formula is C14H10FN3O. The average Bonchev–Trinajstić information content (AvgIpc) is 2.42. The van der Waals surface area contributed by atoms with E-state index in [9.17, 15) is 9.18 Å². The summed E-state index contributed by atoms with van der Waals surface area (Å²) in [4.78, 5) is 15.2. The van der Waals surface area contributed by atoms with E-state index in [2.05, 4.69) is 4.98 Å². The van der Waals surface area contributed by atoms with Gasteiger partial charge >= 0.3 is 5.69 Å². The first-order valence-corrected chi connectivity index (χ1v) is 5.69. The molecule has 3 rings (SSSR count). The molecule has 2 N–H and O–H groups in total. The maximum Gasteiger partial charge on any atom is 0.354 e. The molecule has 0 aliphatic carbocycles. The lowest BCUT2D eigenvalue weighted by Gasteiger charge is -2.07. The SMILES string of the molecule is Nc1nc(=O)n(-c2ccc3ccccc3c2)cc1F. The predicted octanol–water partition coefficient (Wildman–Crippen LogP) is 2.11. The summed E-state index contributed by atoms with van der Waals surface area (Å²) in [5.74, 6) is -1.10. The lowest BCUT2D eigenvalue weighted by molar-refractivity contribution is 0.607. The Morgan fingerprint density at radius 3 is 2.63 bits per heavy atom. The minimum Gasteiger partial charge on any atom is -0.381 e. The topological polar surface area (TPSA) is 60.9 Å². The van der Waals surface area contributed by atoms with Crippen LogP contribution in [-0.2, 0) is 0 Å². The smallest absolute Gasteiger partial charge is 0.354 e. The molecule has 0 spiro atoms. The molecule has 2 aromatic carbocycles. The summed E-state index contributed by atoms with van der Waals surface area (Å²) in [6, 6.07) is 13.1. The van der Waals surface area contributed by atoms with Gasteiger partial charge in [0.2, 0.25) is 0 Å². The van der Waals surface area contributed by atoms with Crippen molar-refractivity contribution in [1.82, 2.24) is 9.55 Å². The molecule has 0 aliphatic rings. The monoisotopic (exact) mass is 255 g/mol. The Kier molecular flexibility index (Phi) is 2.52. The van der Waals surface area contributed by atoms with Gasteiger partial charge in [0, 0.05) is 0 Å². The van der Waals surface area contributed by atoms with Crippen LogP contribution in [0.1, 0.15) is 0 Å². The summed E-state index contributed by atoms with van der Waals surface area (Å²) in [5, 5.41) is 2.01. The van der Waals surface area contributed by atoms with Crippen LogP contribution in [0, 0.1) is 5.82 Å². The van der Waals surface area contributed by atoms with Crippen LogP contribution >= 0.6 is 0 Å². The number of nitrogen functional groups attached to an aromatic ring is 1. The zero-order valence-electron chi connectivity index (χ0n) is 9.88. The van der Waals surface area contributed by atoms with Crippen molar-refractivity contribution in [2.24, 2.45) is 0 Å². The zero-order valence-corrected chi connectivity index (χ0v) is 9.88. The number of rotatable bonds is 1. The van der Waals surface area contributed by atoms with Gasteiger partial charge in [0.05, 0.1) is 11.9 Å². The minimum absolute atomic E-state index is 0.387. The Labute approximate surface area is 107 Å². The predicted molar refractivity (Wildman–Crippen MR) is 71.7 cm³/mol. The van der Waals surface area contributed by atoms with E-state index in [-0.39, 0.29) is 5.82 Å². The molecular weight excluding hydrogens is 245 g/mol. The molecule has 94 valence electrons. The van der Waals surface area contributed by atoms with Crippen molar-refractivity contribution in [2.45, 2.75) is 0 Å². The number of nitrogens with zero attached hydrogens (tertiary/aromatic N) is 2. The molecule has 4 nitrogen and oxygen atoms in total. The Bertz CT molecular complexity index is 826. The Morgan fingerprint density at radius 2 is 1.84 bits per heavy atom. The molecule has 1 aromatic heterocycles. The van der Waals surface area contributed by atoms with Gasteiger partial charge in [-0.1, -0.05) is 30.3 Å². The number of aromatic nitrogens is 2. The number of fused-ring (bicyclic) bond motifs is 1. The third-order valence-electron chi connectivity index (χ3n) is 2.92. The first-order valence-electron chi connectivity index (χ1n) is 5.69. The zero-order chi connectivity index (χ0) is 13.4. The van der Waals surface area contributed by atoms with Crippen molar-refractivity contribution in [3.8, 4) is 5.69 Å². The van der Waals surface area contributed by atoms with Crippen molar-refractivity contribution in [1.29, 1.82) is 0 Å². The lowest BCUT2D eigenvalue weighted by Crippen LogP contribution is -2.23. The fraction of sp³-hybridized carbons (Fsp3) is 0. The molecule has 0 aliphatic heterocycles. The Morgan fingerprint density at radius 1 is 1.11 bits per heavy atom. The fourth-order valence-electron chi connectivity index (χ4n) is 1.96. The standard InChI is InChI=1S/C14H10FN3O/c15-12-8-18(14(19)17-13(12)16)11-6-5-9-3-1-2-4-10(9)7-11/h1-8H,(H2,16,17,19). The van der Waals surface area contributed by atoms with E-state index >= 15 is 0 Å². The summed E-state index contributed by atoms with van der Waals surface area (Å²) in [5.41, 5.74) is 5.21. The van der Waals surface area contributed by atoms with E-state index < -0.39 is 11.5 Å². The first kappa shape index (κ1) is 11.4. The van der Waals surface area contributed by atoms with Gasteiger partial charge in [0.25, 0.3) is 0 Å². The van der Waals surface area contributed by atoms with Crippen molar-refractivity contribution < 1.29 is 4.39 Å². The number of nitrogens with two attached hydrogens (primary N) is 1. The van der Waals surface area contributed by atoms with Gasteiger partial charge in [-0.2, -0.15) is 4.98 Å². The van der Waals surface area contributed by atoms with Crippen molar-refractivity contribution in [2.75, 3.05) is 5.73 Å². The normalized spacial score (nSPS) is 10.8. The maximum atomic E-state index is 13.4. The van der Waals surface area contributed by atoms with Crippen LogP contribution in [0.15, 0.2) is 53.5 Å². The second-order valence-corrected chi connectivity index (χ2v) is 4.16. The fourth-order valence-corrected chi connectivity index (χ4v) is 1.96. The van der Waals surface area contributed by atoms with Gasteiger partial charge in [0.1, 0.15) is 0 Å². The third kappa shape index (κ3) is 1.95. The van der Waals surface area contributed by atoms with E-state index in [1.165, 1.54) is 0 Å². The average molecular weight is 255 g/mol. The molecule has 0 saturated heterocycles. The van der Waals surface area contributed by atoms with Gasteiger partial charge in [-0.25, -0.2) is 9.18 Å². The van der Waals surface area contributed by atoms with Gasteiger partial charge in [-0.3, -0.25) is 4.57 Å². The Balaban J connectivity index is 2.24. The largest absolute Gasteiger partial charge is 0.381 e. The van der Waals surface area contributed by atoms with E-state index in [0.29, 0.717) is 5.69 Å². The van der Waals surface area contributed by atoms with Crippen LogP contribution in [0.4, 0.5) is 10.2 Å². The summed E-state index contributed by atoms with van der Waals surface area (Å²) in [6.07, 6.45) is 1.05. The molecule has 0 radical (unpaired) electrons. The molecule has 0 fully saturated rings. The van der Waals surface area contributed by atoms with Gasteiger partial charge < -0.3 is 5.73 Å². The molecule has 3 aromatic rings. The second-order valence-electron chi connectivity index (χ2n) is 4.16. The molecule has 19 heavy (non-hydrogen) atoms. The number of benzene rings is 2. The van der Waals surface area contributed by atoms with Gasteiger partial charge in [-0.05, 0) is 22.9 Å². The molecule has 0 unspecified atom stereocenters. The summed E-state index contributed by atoms with van der Waals surface area (Å²) in [7, 11) is 0. The molecule has 1 heterocycles. The highest BCUT2D eigenvalue weighted by Crippen LogP contribution is 2.17. The Hall–Kier alpha value is -2.69. The molecule has 0 amide bonds. The van der Waals surface area contributed by atoms with Crippen LogP contribution in [0.2, 0.25) is 0 Å². The number of hydrogen-bond donors (Lipinski definition) is 1. The van der Waals surface area contributed by atoms with Crippen LogP contribution in [-0.4, -0.2) is 9.55 Å². The van der Waals surface area contributed by atoms with Crippen molar-refractivity contribution >= 4 is 16.6 Å². The van der Waals surface area contributed by atoms with Gasteiger partial charge in [-0.15, -0.1) is 0 Å². The van der Waals surface area contributed by atoms with E-state index in [0.717, 1.165) is 21.5 Å². The van der Waals surface area contributed by atoms with Crippen LogP contribution in [0.25, 0.3) is 16.5 Å². The highest BCUT2D eigenvalue weighted by Gasteiger charge is 2.07. The number of halogens is 1. The lowest BCUT2D eigenvalue weighted by atomic mass is 10.1. The van der Waals surface area contributed by atoms with E-state index in [4.69, 9.17) is 5.73 Å². The first-order chi connectivity index (χ1) is 9.15. The molecule has 0 saturated carbocycles. The van der Waals surface area contributed by atoms with E-state index in [1.54, 1.807) is 12.1 Å². The van der Waals surface area contributed by atoms with Crippen LogP contribution < -0.4 is 11.4 Å². The quantitative estimate of drug-likeness (QED) is 0.724. The highest BCUT2D eigenvalue weighted by molar-refractivity contribution is 5.84.